The number of imidazole rings is 1. The van der Waals surface area contributed by atoms with Crippen molar-refractivity contribution >= 4 is 11.6 Å². The van der Waals surface area contributed by atoms with Crippen LogP contribution in [0.2, 0.25) is 0 Å². The fourth-order valence-corrected chi connectivity index (χ4v) is 2.02. The lowest BCUT2D eigenvalue weighted by atomic mass is 10.2. The van der Waals surface area contributed by atoms with E-state index in [1.165, 1.54) is 0 Å². The summed E-state index contributed by atoms with van der Waals surface area (Å²) in [5.41, 5.74) is 7.44. The second-order valence-corrected chi connectivity index (χ2v) is 4.85. The number of anilines is 2. The Kier molecular flexibility index (Phi) is 3.27. The van der Waals surface area contributed by atoms with Crippen LogP contribution in [-0.4, -0.2) is 33.6 Å². The Balaban J connectivity index is 2.06. The molecule has 21 heavy (non-hydrogen) atoms. The fraction of sp³-hybridized carbons (Fsp3) is 0.133. The third-order valence-electron chi connectivity index (χ3n) is 3.08. The molecular weight excluding hydrogens is 264 g/mol. The largest absolute Gasteiger partial charge is 0.399 e. The number of benzene rings is 1. The first-order chi connectivity index (χ1) is 10.1. The zero-order valence-corrected chi connectivity index (χ0v) is 11.9. The first-order valence-corrected chi connectivity index (χ1v) is 6.55. The van der Waals surface area contributed by atoms with Crippen LogP contribution < -0.4 is 10.6 Å². The van der Waals surface area contributed by atoms with E-state index in [1.807, 2.05) is 60.1 Å². The lowest BCUT2D eigenvalue weighted by Gasteiger charge is -2.12. The molecule has 2 heterocycles. The van der Waals surface area contributed by atoms with Crippen LogP contribution in [-0.2, 0) is 0 Å². The molecule has 0 aliphatic rings. The number of nitrogens with two attached hydrogens (primary N) is 1. The summed E-state index contributed by atoms with van der Waals surface area (Å²) in [6.07, 6.45) is 5.38. The van der Waals surface area contributed by atoms with E-state index < -0.39 is 0 Å². The molecule has 0 amide bonds. The molecule has 3 rings (SSSR count). The van der Waals surface area contributed by atoms with Crippen LogP contribution in [0.15, 0.2) is 48.9 Å². The third-order valence-corrected chi connectivity index (χ3v) is 3.08. The van der Waals surface area contributed by atoms with Crippen molar-refractivity contribution in [2.24, 2.45) is 0 Å². The van der Waals surface area contributed by atoms with E-state index in [-0.39, 0.29) is 0 Å². The van der Waals surface area contributed by atoms with Crippen LogP contribution in [0.4, 0.5) is 11.6 Å². The van der Waals surface area contributed by atoms with E-state index in [4.69, 9.17) is 5.73 Å². The van der Waals surface area contributed by atoms with Gasteiger partial charge in [0.15, 0.2) is 0 Å². The van der Waals surface area contributed by atoms with Crippen LogP contribution in [0.5, 0.6) is 0 Å². The predicted molar refractivity (Wildman–Crippen MR) is 83.3 cm³/mol. The average molecular weight is 280 g/mol. The minimum absolute atomic E-state index is 0.657. The van der Waals surface area contributed by atoms with E-state index in [0.717, 1.165) is 22.9 Å². The molecule has 0 aliphatic heterocycles. The molecule has 2 N–H and O–H groups in total. The number of hydrogen-bond acceptors (Lipinski definition) is 5. The van der Waals surface area contributed by atoms with Gasteiger partial charge in [-0.2, -0.15) is 4.98 Å². The van der Waals surface area contributed by atoms with Crippen molar-refractivity contribution < 1.29 is 0 Å². The van der Waals surface area contributed by atoms with E-state index in [1.54, 1.807) is 12.4 Å². The number of nitrogens with zero attached hydrogens (tertiary/aromatic N) is 5. The third kappa shape index (κ3) is 2.55. The van der Waals surface area contributed by atoms with Crippen molar-refractivity contribution in [1.29, 1.82) is 0 Å². The molecule has 0 spiro atoms. The van der Waals surface area contributed by atoms with Gasteiger partial charge in [-0.25, -0.2) is 9.97 Å². The quantitative estimate of drug-likeness (QED) is 0.743. The normalized spacial score (nSPS) is 10.6. The molecular formula is C15H16N6. The summed E-state index contributed by atoms with van der Waals surface area (Å²) in [7, 11) is 3.82. The van der Waals surface area contributed by atoms with E-state index in [9.17, 15) is 0 Å². The summed E-state index contributed by atoms with van der Waals surface area (Å²) in [6, 6.07) is 9.47. The zero-order chi connectivity index (χ0) is 14.8. The Morgan fingerprint density at radius 3 is 2.48 bits per heavy atom. The molecule has 0 bridgehead atoms. The SMILES string of the molecule is CN(C)c1nccc(-n2ccnc2-c2ccc(N)cc2)n1. The molecule has 0 aliphatic carbocycles. The van der Waals surface area contributed by atoms with Gasteiger partial charge in [-0.3, -0.25) is 4.57 Å². The van der Waals surface area contributed by atoms with Crippen LogP contribution in [0.25, 0.3) is 17.2 Å². The summed E-state index contributed by atoms with van der Waals surface area (Å²) >= 11 is 0. The van der Waals surface area contributed by atoms with Crippen LogP contribution >= 0.6 is 0 Å². The molecule has 0 unspecified atom stereocenters. The Hall–Kier alpha value is -2.89. The van der Waals surface area contributed by atoms with E-state index in [2.05, 4.69) is 15.0 Å². The molecule has 0 radical (unpaired) electrons. The van der Waals surface area contributed by atoms with Crippen molar-refractivity contribution in [3.63, 3.8) is 0 Å². The van der Waals surface area contributed by atoms with Gasteiger partial charge in [0.1, 0.15) is 11.6 Å². The molecule has 0 fully saturated rings. The molecule has 1 aromatic carbocycles. The summed E-state index contributed by atoms with van der Waals surface area (Å²) < 4.78 is 1.93. The highest BCUT2D eigenvalue weighted by atomic mass is 15.2. The molecule has 3 aromatic rings. The maximum absolute atomic E-state index is 5.73. The van der Waals surface area contributed by atoms with Gasteiger partial charge in [0.2, 0.25) is 5.95 Å². The second-order valence-electron chi connectivity index (χ2n) is 4.85. The molecule has 6 heteroatoms. The zero-order valence-electron chi connectivity index (χ0n) is 11.9. The summed E-state index contributed by atoms with van der Waals surface area (Å²) in [5, 5.41) is 0. The number of rotatable bonds is 3. The van der Waals surface area contributed by atoms with E-state index >= 15 is 0 Å². The van der Waals surface area contributed by atoms with Crippen LogP contribution in [0, 0.1) is 0 Å². The Labute approximate surface area is 122 Å². The Morgan fingerprint density at radius 1 is 1.00 bits per heavy atom. The molecule has 6 nitrogen and oxygen atoms in total. The second kappa shape index (κ2) is 5.24. The van der Waals surface area contributed by atoms with Crippen molar-refractivity contribution in [2.45, 2.75) is 0 Å². The minimum atomic E-state index is 0.657. The van der Waals surface area contributed by atoms with Gasteiger partial charge < -0.3 is 10.6 Å². The topological polar surface area (TPSA) is 72.9 Å². The fourth-order valence-electron chi connectivity index (χ4n) is 2.02. The first-order valence-electron chi connectivity index (χ1n) is 6.55. The summed E-state index contributed by atoms with van der Waals surface area (Å²) in [5.74, 6) is 2.25. The van der Waals surface area contributed by atoms with Gasteiger partial charge in [-0.15, -0.1) is 0 Å². The van der Waals surface area contributed by atoms with Crippen molar-refractivity contribution in [3.05, 3.63) is 48.9 Å². The monoisotopic (exact) mass is 280 g/mol. The molecule has 2 aromatic heterocycles. The first kappa shape index (κ1) is 13.1. The van der Waals surface area contributed by atoms with Crippen molar-refractivity contribution in [3.8, 4) is 17.2 Å². The van der Waals surface area contributed by atoms with Gasteiger partial charge in [-0.1, -0.05) is 0 Å². The summed E-state index contributed by atoms with van der Waals surface area (Å²) in [4.78, 5) is 15.0. The highest BCUT2D eigenvalue weighted by Crippen LogP contribution is 2.22. The van der Waals surface area contributed by atoms with Gasteiger partial charge in [0, 0.05) is 43.9 Å². The van der Waals surface area contributed by atoms with Crippen molar-refractivity contribution in [2.75, 3.05) is 24.7 Å². The van der Waals surface area contributed by atoms with Gasteiger partial charge in [0.25, 0.3) is 0 Å². The average Bonchev–Trinajstić information content (AvgIpc) is 2.97. The maximum Gasteiger partial charge on any atom is 0.226 e. The Bertz CT molecular complexity index is 745. The minimum Gasteiger partial charge on any atom is -0.399 e. The predicted octanol–water partition coefficient (Wildman–Crippen LogP) is 1.98. The molecule has 0 atom stereocenters. The highest BCUT2D eigenvalue weighted by Gasteiger charge is 2.10. The highest BCUT2D eigenvalue weighted by molar-refractivity contribution is 5.61. The van der Waals surface area contributed by atoms with Gasteiger partial charge in [-0.05, 0) is 30.3 Å². The van der Waals surface area contributed by atoms with Crippen LogP contribution in [0.1, 0.15) is 0 Å². The lowest BCUT2D eigenvalue weighted by molar-refractivity contribution is 0.936. The summed E-state index contributed by atoms with van der Waals surface area (Å²) in [6.45, 7) is 0. The standard InChI is InChI=1S/C15H16N6/c1-20(2)15-18-8-7-13(19-15)21-10-9-17-14(21)11-3-5-12(16)6-4-11/h3-10H,16H2,1-2H3. The maximum atomic E-state index is 5.73. The Morgan fingerprint density at radius 2 is 1.76 bits per heavy atom. The van der Waals surface area contributed by atoms with Gasteiger partial charge >= 0.3 is 0 Å². The number of hydrogen-bond donors (Lipinski definition) is 1. The number of aromatic nitrogens is 4. The molecule has 0 saturated heterocycles. The number of nitrogen functional groups attached to an aromatic ring is 1. The van der Waals surface area contributed by atoms with Crippen LogP contribution in [0.3, 0.4) is 0 Å². The lowest BCUT2D eigenvalue weighted by Crippen LogP contribution is -2.13. The molecule has 0 saturated carbocycles. The van der Waals surface area contributed by atoms with Crippen molar-refractivity contribution in [1.82, 2.24) is 19.5 Å². The smallest absolute Gasteiger partial charge is 0.226 e. The molecule has 106 valence electrons. The van der Waals surface area contributed by atoms with Gasteiger partial charge in [0.05, 0.1) is 0 Å². The van der Waals surface area contributed by atoms with E-state index in [0.29, 0.717) is 5.95 Å².